The molecular formula is C5H14NO7P. The highest BCUT2D eigenvalue weighted by Gasteiger charge is 2.22. The first-order valence-electron chi connectivity index (χ1n) is 3.70. The van der Waals surface area contributed by atoms with Crippen LogP contribution in [0.3, 0.4) is 0 Å². The van der Waals surface area contributed by atoms with E-state index in [1.807, 2.05) is 0 Å². The summed E-state index contributed by atoms with van der Waals surface area (Å²) in [5.74, 6) is 0. The van der Waals surface area contributed by atoms with Gasteiger partial charge in [-0.1, -0.05) is 0 Å². The third kappa shape index (κ3) is 8.54. The molecule has 14 heavy (non-hydrogen) atoms. The van der Waals surface area contributed by atoms with Crippen LogP contribution in [-0.2, 0) is 4.57 Å². The van der Waals surface area contributed by atoms with Crippen LogP contribution in [-0.4, -0.2) is 67.1 Å². The summed E-state index contributed by atoms with van der Waals surface area (Å²) in [6.07, 6.45) is -4.34. The van der Waals surface area contributed by atoms with Crippen LogP contribution < -0.4 is 0 Å². The Morgan fingerprint density at radius 2 is 1.36 bits per heavy atom. The Kier molecular flexibility index (Phi) is 5.72. The van der Waals surface area contributed by atoms with Crippen LogP contribution in [0.4, 0.5) is 0 Å². The van der Waals surface area contributed by atoms with Crippen LogP contribution in [0.5, 0.6) is 0 Å². The second-order valence-electron chi connectivity index (χ2n) is 2.80. The molecule has 0 aliphatic carbocycles. The van der Waals surface area contributed by atoms with Gasteiger partial charge in [0.25, 0.3) is 0 Å². The predicted molar refractivity (Wildman–Crippen MR) is 44.9 cm³/mol. The largest absolute Gasteiger partial charge is 0.367 e. The van der Waals surface area contributed by atoms with Crippen molar-refractivity contribution in [3.05, 3.63) is 0 Å². The highest BCUT2D eigenvalue weighted by atomic mass is 31.2. The fourth-order valence-corrected chi connectivity index (χ4v) is 1.66. The molecule has 8 nitrogen and oxygen atoms in total. The first kappa shape index (κ1) is 13.9. The summed E-state index contributed by atoms with van der Waals surface area (Å²) in [6, 6.07) is 0. The molecule has 0 unspecified atom stereocenters. The smallest absolute Gasteiger partial charge is 0.339 e. The minimum atomic E-state index is -4.35. The molecule has 0 spiro atoms. The summed E-state index contributed by atoms with van der Waals surface area (Å²) >= 11 is 0. The summed E-state index contributed by atoms with van der Waals surface area (Å²) in [5, 5.41) is 34.1. The number of aliphatic hydroxyl groups excluding tert-OH is 2. The minimum absolute atomic E-state index is 0.470. The van der Waals surface area contributed by atoms with Gasteiger partial charge in [-0.25, -0.2) is 0 Å². The van der Waals surface area contributed by atoms with E-state index in [9.17, 15) is 4.57 Å². The lowest BCUT2D eigenvalue weighted by molar-refractivity contribution is -0.0912. The molecule has 0 heterocycles. The molecule has 0 radical (unpaired) electrons. The molecule has 0 saturated heterocycles. The number of hydrogen-bond donors (Lipinski definition) is 6. The van der Waals surface area contributed by atoms with Crippen LogP contribution in [0, 0.1) is 0 Å². The van der Waals surface area contributed by atoms with Gasteiger partial charge in [0.15, 0.2) is 12.6 Å². The molecule has 0 aromatic rings. The molecule has 0 bridgehead atoms. The Morgan fingerprint density at radius 3 is 1.57 bits per heavy atom. The Balaban J connectivity index is 4.18. The molecule has 0 aliphatic rings. The van der Waals surface area contributed by atoms with Gasteiger partial charge in [0.05, 0.1) is 0 Å². The van der Waals surface area contributed by atoms with Crippen molar-refractivity contribution in [2.24, 2.45) is 0 Å². The van der Waals surface area contributed by atoms with Crippen molar-refractivity contribution in [2.45, 2.75) is 12.6 Å². The fourth-order valence-electron chi connectivity index (χ4n) is 0.912. The molecule has 86 valence electrons. The van der Waals surface area contributed by atoms with E-state index in [1.54, 1.807) is 0 Å². The number of nitrogens with zero attached hydrogens (tertiary/aromatic N) is 1. The molecule has 6 N–H and O–H groups in total. The van der Waals surface area contributed by atoms with Gasteiger partial charge in [0, 0.05) is 13.1 Å². The molecule has 0 amide bonds. The topological polar surface area (TPSA) is 142 Å². The summed E-state index contributed by atoms with van der Waals surface area (Å²) in [7, 11) is -4.35. The lowest BCUT2D eigenvalue weighted by atomic mass is 10.5. The van der Waals surface area contributed by atoms with E-state index in [2.05, 4.69) is 0 Å². The molecule has 0 atom stereocenters. The van der Waals surface area contributed by atoms with Crippen LogP contribution in [0.25, 0.3) is 0 Å². The van der Waals surface area contributed by atoms with Gasteiger partial charge >= 0.3 is 7.60 Å². The maximum absolute atomic E-state index is 10.5. The maximum atomic E-state index is 10.5. The summed E-state index contributed by atoms with van der Waals surface area (Å²) in [4.78, 5) is 18.0. The monoisotopic (exact) mass is 231 g/mol. The zero-order valence-electron chi connectivity index (χ0n) is 7.26. The van der Waals surface area contributed by atoms with Crippen molar-refractivity contribution in [3.63, 3.8) is 0 Å². The van der Waals surface area contributed by atoms with E-state index in [0.717, 1.165) is 4.90 Å². The van der Waals surface area contributed by atoms with E-state index in [-0.39, 0.29) is 0 Å². The van der Waals surface area contributed by atoms with Gasteiger partial charge in [-0.15, -0.1) is 0 Å². The third-order valence-corrected chi connectivity index (χ3v) is 2.00. The molecule has 0 fully saturated rings. The van der Waals surface area contributed by atoms with Crippen molar-refractivity contribution >= 4 is 7.60 Å². The molecule has 9 heteroatoms. The van der Waals surface area contributed by atoms with Crippen LogP contribution in [0.1, 0.15) is 0 Å². The fraction of sp³-hybridized carbons (Fsp3) is 1.00. The number of rotatable bonds is 6. The first-order valence-corrected chi connectivity index (χ1v) is 5.49. The van der Waals surface area contributed by atoms with E-state index in [1.165, 1.54) is 0 Å². The average Bonchev–Trinajstić information content (AvgIpc) is 1.77. The molecule has 0 saturated carbocycles. The zero-order chi connectivity index (χ0) is 11.4. The number of aliphatic hydroxyl groups is 4. The van der Waals surface area contributed by atoms with Gasteiger partial charge < -0.3 is 30.2 Å². The van der Waals surface area contributed by atoms with E-state index in [4.69, 9.17) is 30.2 Å². The minimum Gasteiger partial charge on any atom is -0.367 e. The highest BCUT2D eigenvalue weighted by Crippen LogP contribution is 2.34. The van der Waals surface area contributed by atoms with Crippen molar-refractivity contribution in [1.82, 2.24) is 4.90 Å². The lowest BCUT2D eigenvalue weighted by Crippen LogP contribution is -2.38. The predicted octanol–water partition coefficient (Wildman–Crippen LogP) is -2.95. The maximum Gasteiger partial charge on any atom is 0.339 e. The lowest BCUT2D eigenvalue weighted by Gasteiger charge is -2.23. The van der Waals surface area contributed by atoms with Gasteiger partial charge in [-0.2, -0.15) is 0 Å². The first-order chi connectivity index (χ1) is 6.20. The van der Waals surface area contributed by atoms with Crippen molar-refractivity contribution < 1.29 is 34.8 Å². The van der Waals surface area contributed by atoms with Gasteiger partial charge in [0.2, 0.25) is 0 Å². The summed E-state index contributed by atoms with van der Waals surface area (Å²) < 4.78 is 10.5. The molecule has 0 aliphatic heterocycles. The Labute approximate surface area is 80.2 Å². The SMILES string of the molecule is O=P(O)(O)CN(CC(O)O)CC(O)O. The Morgan fingerprint density at radius 1 is 1.00 bits per heavy atom. The van der Waals surface area contributed by atoms with Crippen LogP contribution >= 0.6 is 7.60 Å². The highest BCUT2D eigenvalue weighted by molar-refractivity contribution is 7.51. The van der Waals surface area contributed by atoms with E-state index < -0.39 is 39.6 Å². The number of hydrogen-bond acceptors (Lipinski definition) is 6. The van der Waals surface area contributed by atoms with Crippen molar-refractivity contribution in [1.29, 1.82) is 0 Å². The quantitative estimate of drug-likeness (QED) is 0.210. The van der Waals surface area contributed by atoms with Crippen LogP contribution in [0.2, 0.25) is 0 Å². The third-order valence-electron chi connectivity index (χ3n) is 1.23. The van der Waals surface area contributed by atoms with Crippen LogP contribution in [0.15, 0.2) is 0 Å². The van der Waals surface area contributed by atoms with Gasteiger partial charge in [-0.05, 0) is 0 Å². The summed E-state index contributed by atoms with van der Waals surface area (Å²) in [5.41, 5.74) is 0. The van der Waals surface area contributed by atoms with E-state index >= 15 is 0 Å². The van der Waals surface area contributed by atoms with Crippen molar-refractivity contribution in [3.8, 4) is 0 Å². The molecule has 0 aromatic heterocycles. The van der Waals surface area contributed by atoms with Crippen molar-refractivity contribution in [2.75, 3.05) is 19.4 Å². The molecule has 0 rings (SSSR count). The zero-order valence-corrected chi connectivity index (χ0v) is 8.16. The second kappa shape index (κ2) is 5.74. The van der Waals surface area contributed by atoms with E-state index in [0.29, 0.717) is 0 Å². The second-order valence-corrected chi connectivity index (χ2v) is 4.42. The summed E-state index contributed by atoms with van der Waals surface area (Å²) in [6.45, 7) is -0.939. The van der Waals surface area contributed by atoms with Gasteiger partial charge in [-0.3, -0.25) is 9.46 Å². The van der Waals surface area contributed by atoms with Gasteiger partial charge in [0.1, 0.15) is 6.29 Å². The molecular weight excluding hydrogens is 217 g/mol. The molecule has 0 aromatic carbocycles. The Bertz CT molecular complexity index is 192. The standard InChI is InChI=1S/C5H14NO7P/c7-4(8)1-6(2-5(9)10)3-14(11,12)13/h4-5,7-10H,1-3H2,(H2,11,12,13). The normalized spacial score (nSPS) is 13.2. The Hall–Kier alpha value is -0.0500. The average molecular weight is 231 g/mol.